The first kappa shape index (κ1) is 12.2. The third-order valence-electron chi connectivity index (χ3n) is 2.26. The van der Waals surface area contributed by atoms with Crippen LogP contribution in [-0.2, 0) is 0 Å². The van der Waals surface area contributed by atoms with Crippen molar-refractivity contribution in [3.05, 3.63) is 33.8 Å². The summed E-state index contributed by atoms with van der Waals surface area (Å²) in [5.74, 6) is 1.58. The van der Waals surface area contributed by atoms with E-state index in [9.17, 15) is 0 Å². The number of nitrogens with zero attached hydrogens (tertiary/aromatic N) is 3. The van der Waals surface area contributed by atoms with E-state index >= 15 is 0 Å². The van der Waals surface area contributed by atoms with Crippen molar-refractivity contribution in [1.29, 1.82) is 0 Å². The minimum absolute atomic E-state index is 0.703. The van der Waals surface area contributed by atoms with Crippen LogP contribution in [0.2, 0.25) is 0 Å². The van der Waals surface area contributed by atoms with Crippen LogP contribution in [0.15, 0.2) is 24.5 Å². The number of hydrogen-bond acceptors (Lipinski definition) is 4. The van der Waals surface area contributed by atoms with Gasteiger partial charge in [-0.1, -0.05) is 0 Å². The predicted octanol–water partition coefficient (Wildman–Crippen LogP) is 2.88. The van der Waals surface area contributed by atoms with Gasteiger partial charge < -0.3 is 5.32 Å². The van der Waals surface area contributed by atoms with E-state index in [2.05, 4.69) is 42.9 Å². The first-order valence-corrected chi connectivity index (χ1v) is 6.48. The van der Waals surface area contributed by atoms with Crippen LogP contribution in [0.1, 0.15) is 12.6 Å². The molecule has 4 nitrogen and oxygen atoms in total. The molecule has 0 aromatic carbocycles. The molecule has 0 aliphatic carbocycles. The van der Waals surface area contributed by atoms with E-state index in [1.165, 1.54) is 0 Å². The topological polar surface area (TPSA) is 50.7 Å². The molecule has 0 aliphatic rings. The number of aromatic nitrogens is 3. The Morgan fingerprint density at radius 2 is 2.06 bits per heavy atom. The Morgan fingerprint density at radius 3 is 2.71 bits per heavy atom. The Balaban J connectivity index is 2.39. The van der Waals surface area contributed by atoms with Gasteiger partial charge in [0.1, 0.15) is 5.82 Å². The van der Waals surface area contributed by atoms with Crippen molar-refractivity contribution in [2.75, 3.05) is 11.9 Å². The lowest BCUT2D eigenvalue weighted by Crippen LogP contribution is -2.03. The number of halogens is 1. The molecule has 0 saturated carbocycles. The second kappa shape index (κ2) is 5.39. The molecule has 2 aromatic rings. The molecule has 2 rings (SSSR count). The SMILES string of the molecule is CCNc1nc(-c2ccc(C)nc2)ncc1I. The van der Waals surface area contributed by atoms with Crippen molar-refractivity contribution in [1.82, 2.24) is 15.0 Å². The third kappa shape index (κ3) is 2.91. The van der Waals surface area contributed by atoms with Crippen molar-refractivity contribution in [2.24, 2.45) is 0 Å². The van der Waals surface area contributed by atoms with Crippen LogP contribution < -0.4 is 5.32 Å². The summed E-state index contributed by atoms with van der Waals surface area (Å²) in [5, 5.41) is 3.22. The molecule has 88 valence electrons. The van der Waals surface area contributed by atoms with Gasteiger partial charge in [0, 0.05) is 30.2 Å². The standard InChI is InChI=1S/C12H13IN4/c1-3-14-12-10(13)7-16-11(17-12)9-5-4-8(2)15-6-9/h4-7H,3H2,1-2H3,(H,14,16,17). The van der Waals surface area contributed by atoms with E-state index in [4.69, 9.17) is 0 Å². The number of aryl methyl sites for hydroxylation is 1. The van der Waals surface area contributed by atoms with Gasteiger partial charge in [-0.05, 0) is 48.6 Å². The summed E-state index contributed by atoms with van der Waals surface area (Å²) in [4.78, 5) is 13.1. The molecule has 0 fully saturated rings. The normalized spacial score (nSPS) is 10.3. The molecular weight excluding hydrogens is 327 g/mol. The van der Waals surface area contributed by atoms with E-state index < -0.39 is 0 Å². The fourth-order valence-electron chi connectivity index (χ4n) is 1.40. The molecule has 5 heteroatoms. The maximum absolute atomic E-state index is 4.49. The minimum Gasteiger partial charge on any atom is -0.369 e. The van der Waals surface area contributed by atoms with Crippen molar-refractivity contribution in [3.8, 4) is 11.4 Å². The van der Waals surface area contributed by atoms with Gasteiger partial charge in [-0.3, -0.25) is 4.98 Å². The van der Waals surface area contributed by atoms with E-state index in [1.54, 1.807) is 6.20 Å². The van der Waals surface area contributed by atoms with Gasteiger partial charge in [-0.2, -0.15) is 0 Å². The molecule has 17 heavy (non-hydrogen) atoms. The summed E-state index contributed by atoms with van der Waals surface area (Å²) in [7, 11) is 0. The van der Waals surface area contributed by atoms with Gasteiger partial charge in [-0.15, -0.1) is 0 Å². The first-order chi connectivity index (χ1) is 8.20. The Labute approximate surface area is 114 Å². The average Bonchev–Trinajstić information content (AvgIpc) is 2.33. The van der Waals surface area contributed by atoms with Gasteiger partial charge in [0.05, 0.1) is 3.57 Å². The van der Waals surface area contributed by atoms with Crippen molar-refractivity contribution < 1.29 is 0 Å². The van der Waals surface area contributed by atoms with E-state index in [1.807, 2.05) is 32.2 Å². The second-order valence-corrected chi connectivity index (χ2v) is 4.77. The summed E-state index contributed by atoms with van der Waals surface area (Å²) < 4.78 is 1.02. The lowest BCUT2D eigenvalue weighted by Gasteiger charge is -2.07. The molecular formula is C12H13IN4. The fourth-order valence-corrected chi connectivity index (χ4v) is 1.85. The largest absolute Gasteiger partial charge is 0.369 e. The summed E-state index contributed by atoms with van der Waals surface area (Å²) in [6.07, 6.45) is 3.62. The fraction of sp³-hybridized carbons (Fsp3) is 0.250. The smallest absolute Gasteiger partial charge is 0.163 e. The van der Waals surface area contributed by atoms with Crippen molar-refractivity contribution >= 4 is 28.4 Å². The van der Waals surface area contributed by atoms with Gasteiger partial charge in [-0.25, -0.2) is 9.97 Å². The van der Waals surface area contributed by atoms with Gasteiger partial charge in [0.2, 0.25) is 0 Å². The molecule has 0 radical (unpaired) electrons. The lowest BCUT2D eigenvalue weighted by atomic mass is 10.2. The summed E-state index contributed by atoms with van der Waals surface area (Å²) >= 11 is 2.22. The molecule has 0 saturated heterocycles. The zero-order chi connectivity index (χ0) is 12.3. The minimum atomic E-state index is 0.703. The molecule has 0 spiro atoms. The Hall–Kier alpha value is -1.24. The number of rotatable bonds is 3. The summed E-state index contributed by atoms with van der Waals surface area (Å²) in [6, 6.07) is 3.95. The second-order valence-electron chi connectivity index (χ2n) is 3.61. The number of hydrogen-bond donors (Lipinski definition) is 1. The van der Waals surface area contributed by atoms with E-state index in [0.717, 1.165) is 27.2 Å². The molecule has 0 bridgehead atoms. The van der Waals surface area contributed by atoms with E-state index in [0.29, 0.717) is 5.82 Å². The third-order valence-corrected chi connectivity index (χ3v) is 3.05. The maximum Gasteiger partial charge on any atom is 0.163 e. The quantitative estimate of drug-likeness (QED) is 0.873. The lowest BCUT2D eigenvalue weighted by molar-refractivity contribution is 1.09. The Bertz CT molecular complexity index is 510. The Morgan fingerprint density at radius 1 is 1.24 bits per heavy atom. The highest BCUT2D eigenvalue weighted by Crippen LogP contribution is 2.19. The molecule has 1 N–H and O–H groups in total. The van der Waals surface area contributed by atoms with E-state index in [-0.39, 0.29) is 0 Å². The maximum atomic E-state index is 4.49. The van der Waals surface area contributed by atoms with Crippen LogP contribution in [0.5, 0.6) is 0 Å². The molecule has 0 atom stereocenters. The van der Waals surface area contributed by atoms with Crippen LogP contribution in [0, 0.1) is 10.5 Å². The van der Waals surface area contributed by atoms with Crippen molar-refractivity contribution in [2.45, 2.75) is 13.8 Å². The first-order valence-electron chi connectivity index (χ1n) is 5.40. The highest BCUT2D eigenvalue weighted by molar-refractivity contribution is 14.1. The summed E-state index contributed by atoms with van der Waals surface area (Å²) in [6.45, 7) is 4.85. The van der Waals surface area contributed by atoms with Crippen molar-refractivity contribution in [3.63, 3.8) is 0 Å². The van der Waals surface area contributed by atoms with Crippen LogP contribution >= 0.6 is 22.6 Å². The molecule has 0 aliphatic heterocycles. The molecule has 2 heterocycles. The van der Waals surface area contributed by atoms with Gasteiger partial charge in [0.15, 0.2) is 5.82 Å². The molecule has 0 amide bonds. The molecule has 2 aromatic heterocycles. The van der Waals surface area contributed by atoms with Gasteiger partial charge >= 0.3 is 0 Å². The highest BCUT2D eigenvalue weighted by Gasteiger charge is 2.06. The number of nitrogens with one attached hydrogen (secondary N) is 1. The average molecular weight is 340 g/mol. The number of anilines is 1. The summed E-state index contributed by atoms with van der Waals surface area (Å²) in [5.41, 5.74) is 1.93. The van der Waals surface area contributed by atoms with Gasteiger partial charge in [0.25, 0.3) is 0 Å². The Kier molecular flexibility index (Phi) is 3.88. The molecule has 0 unspecified atom stereocenters. The zero-order valence-corrected chi connectivity index (χ0v) is 11.9. The zero-order valence-electron chi connectivity index (χ0n) is 9.74. The van der Waals surface area contributed by atoms with Crippen LogP contribution in [0.4, 0.5) is 5.82 Å². The monoisotopic (exact) mass is 340 g/mol. The van der Waals surface area contributed by atoms with Crippen LogP contribution in [0.3, 0.4) is 0 Å². The predicted molar refractivity (Wildman–Crippen MR) is 76.9 cm³/mol. The number of pyridine rings is 1. The highest BCUT2D eigenvalue weighted by atomic mass is 127. The van der Waals surface area contributed by atoms with Crippen LogP contribution in [0.25, 0.3) is 11.4 Å². The van der Waals surface area contributed by atoms with Crippen LogP contribution in [-0.4, -0.2) is 21.5 Å².